The number of hydrogen-bond acceptors (Lipinski definition) is 3. The molecule has 0 fully saturated rings. The maximum Gasteiger partial charge on any atom is 0.132 e. The summed E-state index contributed by atoms with van der Waals surface area (Å²) < 4.78 is 0. The number of nitrogens with zero attached hydrogens (tertiary/aromatic N) is 1. The molecule has 9 aromatic carbocycles. The van der Waals surface area contributed by atoms with E-state index in [4.69, 9.17) is 15.7 Å². The molecular weight excluding hydrogens is 704 g/mol. The number of anilines is 3. The third-order valence-corrected chi connectivity index (χ3v) is 11.8. The van der Waals surface area contributed by atoms with E-state index in [1.54, 1.807) is 0 Å². The molecule has 2 N–H and O–H groups in total. The molecule has 272 valence electrons. The van der Waals surface area contributed by atoms with E-state index < -0.39 is 0 Å². The van der Waals surface area contributed by atoms with Gasteiger partial charge in [-0.1, -0.05) is 159 Å². The first-order valence-electron chi connectivity index (χ1n) is 19.7. The summed E-state index contributed by atoms with van der Waals surface area (Å²) in [5.74, 6) is -0.0761. The van der Waals surface area contributed by atoms with E-state index in [0.717, 1.165) is 77.9 Å². The van der Waals surface area contributed by atoms with Crippen molar-refractivity contribution < 1.29 is 10.2 Å². The molecule has 58 heavy (non-hydrogen) atoms. The van der Waals surface area contributed by atoms with Gasteiger partial charge in [0.2, 0.25) is 0 Å². The van der Waals surface area contributed by atoms with Gasteiger partial charge in [0.15, 0.2) is 0 Å². The fraction of sp³-hybridized carbons (Fsp3) is 0.0566. The molecule has 0 saturated carbocycles. The van der Waals surface area contributed by atoms with Crippen LogP contribution >= 0.6 is 0 Å². The third kappa shape index (κ3) is 5.69. The van der Waals surface area contributed by atoms with Crippen molar-refractivity contribution in [3.8, 4) is 44.9 Å². The van der Waals surface area contributed by atoms with Gasteiger partial charge in [0, 0.05) is 16.6 Å². The zero-order valence-electron chi connectivity index (χ0n) is 32.0. The normalized spacial score (nSPS) is 13.6. The summed E-state index contributed by atoms with van der Waals surface area (Å²) >= 11 is 0. The Bertz CT molecular complexity index is 3070. The molecule has 0 aliphatic heterocycles. The third-order valence-electron chi connectivity index (χ3n) is 11.8. The minimum Gasteiger partial charge on any atom is -0.508 e. The second-order valence-corrected chi connectivity index (χ2v) is 15.2. The molecule has 0 aromatic heterocycles. The fourth-order valence-electron chi connectivity index (χ4n) is 9.08. The number of allylic oxidation sites excluding steroid dienone is 1. The molecular formula is C53H37B2NO2. The summed E-state index contributed by atoms with van der Waals surface area (Å²) in [5.41, 5.74) is 9.49. The summed E-state index contributed by atoms with van der Waals surface area (Å²) in [6, 6.07) is 55.9. The van der Waals surface area contributed by atoms with Crippen LogP contribution in [0.5, 0.6) is 11.5 Å². The molecule has 5 heteroatoms. The minimum absolute atomic E-state index is 0.0168. The molecule has 1 aliphatic carbocycles. The Hall–Kier alpha value is -6.97. The van der Waals surface area contributed by atoms with Gasteiger partial charge in [-0.15, -0.1) is 0 Å². The molecule has 9 aromatic rings. The van der Waals surface area contributed by atoms with E-state index in [-0.39, 0.29) is 28.1 Å². The number of rotatable bonds is 6. The Labute approximate surface area is 341 Å². The van der Waals surface area contributed by atoms with E-state index in [9.17, 15) is 10.2 Å². The van der Waals surface area contributed by atoms with Crippen LogP contribution in [0.4, 0.5) is 17.1 Å². The van der Waals surface area contributed by atoms with Gasteiger partial charge in [-0.05, 0) is 113 Å². The number of benzene rings is 9. The average molecular weight is 742 g/mol. The average Bonchev–Trinajstić information content (AvgIpc) is 3.27. The highest BCUT2D eigenvalue weighted by Crippen LogP contribution is 2.48. The topological polar surface area (TPSA) is 43.7 Å². The monoisotopic (exact) mass is 741 g/mol. The SMILES string of the molecule is [B]c1c(O)c(N(c2ccc(-c3ccccc3-c3ccccc3)cc2)c2cc3ccccc3c3ccccc23)c([B])c(O)c1-c1cc2c(c3ccccc13)C(C)CC=C2. The first-order valence-corrected chi connectivity index (χ1v) is 19.7. The predicted octanol–water partition coefficient (Wildman–Crippen LogP) is 12.1. The summed E-state index contributed by atoms with van der Waals surface area (Å²) in [4.78, 5) is 1.93. The standard InChI is InChI=1S/C53H37B2NO2/c1-32-14-13-18-36-30-45(42-23-10-12-25-44(42)47(32)36)48-49(54)53(58)51(50(55)52(48)57)56(46-31-35-17-5-6-21-40(35)41-22-9-11-24-43(41)46)37-28-26-34(27-29-37)39-20-8-7-19-38(39)33-15-3-2-4-16-33/h2-13,15-32,57-58H,14H2,1H3. The molecule has 1 unspecified atom stereocenters. The van der Waals surface area contributed by atoms with E-state index in [1.807, 2.05) is 65.6 Å². The predicted molar refractivity (Wildman–Crippen MR) is 246 cm³/mol. The van der Waals surface area contributed by atoms with Gasteiger partial charge in [-0.2, -0.15) is 0 Å². The van der Waals surface area contributed by atoms with Crippen LogP contribution < -0.4 is 15.8 Å². The summed E-state index contributed by atoms with van der Waals surface area (Å²) in [6.07, 6.45) is 5.26. The molecule has 0 heterocycles. The summed E-state index contributed by atoms with van der Waals surface area (Å²) in [6.45, 7) is 2.23. The van der Waals surface area contributed by atoms with Crippen LogP contribution in [-0.4, -0.2) is 25.9 Å². The molecule has 10 rings (SSSR count). The van der Waals surface area contributed by atoms with Crippen molar-refractivity contribution in [3.05, 3.63) is 181 Å². The van der Waals surface area contributed by atoms with Crippen molar-refractivity contribution in [2.45, 2.75) is 19.3 Å². The first-order chi connectivity index (χ1) is 28.4. The van der Waals surface area contributed by atoms with Crippen LogP contribution in [0, 0.1) is 0 Å². The fourth-order valence-corrected chi connectivity index (χ4v) is 9.08. The highest BCUT2D eigenvalue weighted by atomic mass is 16.3. The van der Waals surface area contributed by atoms with Crippen molar-refractivity contribution in [1.29, 1.82) is 0 Å². The largest absolute Gasteiger partial charge is 0.508 e. The summed E-state index contributed by atoms with van der Waals surface area (Å²) in [5, 5.41) is 31.0. The van der Waals surface area contributed by atoms with Crippen LogP contribution in [0.3, 0.4) is 0 Å². The van der Waals surface area contributed by atoms with Gasteiger partial charge in [0.25, 0.3) is 0 Å². The minimum atomic E-state index is -0.216. The Kier molecular flexibility index (Phi) is 8.68. The Morgan fingerprint density at radius 3 is 1.84 bits per heavy atom. The van der Waals surface area contributed by atoms with Crippen LogP contribution in [0.25, 0.3) is 71.8 Å². The zero-order valence-corrected chi connectivity index (χ0v) is 32.0. The molecule has 0 amide bonds. The molecule has 0 spiro atoms. The van der Waals surface area contributed by atoms with Crippen molar-refractivity contribution in [2.24, 2.45) is 0 Å². The molecule has 1 atom stereocenters. The second kappa shape index (κ2) is 14.2. The molecule has 0 bridgehead atoms. The number of fused-ring (bicyclic) bond motifs is 6. The van der Waals surface area contributed by atoms with Crippen molar-refractivity contribution in [1.82, 2.24) is 0 Å². The van der Waals surface area contributed by atoms with Gasteiger partial charge < -0.3 is 15.1 Å². The molecule has 1 aliphatic rings. The molecule has 3 nitrogen and oxygen atoms in total. The summed E-state index contributed by atoms with van der Waals surface area (Å²) in [7, 11) is 14.1. The highest BCUT2D eigenvalue weighted by molar-refractivity contribution is 6.46. The van der Waals surface area contributed by atoms with Crippen molar-refractivity contribution in [3.63, 3.8) is 0 Å². The maximum atomic E-state index is 12.5. The van der Waals surface area contributed by atoms with E-state index >= 15 is 0 Å². The second-order valence-electron chi connectivity index (χ2n) is 15.2. The van der Waals surface area contributed by atoms with Crippen molar-refractivity contribution in [2.75, 3.05) is 4.90 Å². The van der Waals surface area contributed by atoms with Gasteiger partial charge in [-0.3, -0.25) is 0 Å². The van der Waals surface area contributed by atoms with Crippen LogP contribution in [0.2, 0.25) is 0 Å². The Balaban J connectivity index is 1.21. The Morgan fingerprint density at radius 2 is 1.12 bits per heavy atom. The van der Waals surface area contributed by atoms with Crippen LogP contribution in [-0.2, 0) is 0 Å². The van der Waals surface area contributed by atoms with Gasteiger partial charge in [-0.25, -0.2) is 0 Å². The van der Waals surface area contributed by atoms with Gasteiger partial charge in [0.05, 0.1) is 11.4 Å². The smallest absolute Gasteiger partial charge is 0.132 e. The lowest BCUT2D eigenvalue weighted by molar-refractivity contribution is 0.470. The van der Waals surface area contributed by atoms with E-state index in [2.05, 4.69) is 122 Å². The lowest BCUT2D eigenvalue weighted by Crippen LogP contribution is -2.25. The van der Waals surface area contributed by atoms with Gasteiger partial charge >= 0.3 is 0 Å². The van der Waals surface area contributed by atoms with E-state index in [0.29, 0.717) is 17.0 Å². The lowest BCUT2D eigenvalue weighted by atomic mass is 9.75. The van der Waals surface area contributed by atoms with Crippen LogP contribution in [0.15, 0.2) is 170 Å². The number of hydrogen-bond donors (Lipinski definition) is 2. The molecule has 4 radical (unpaired) electrons. The number of phenols is 2. The zero-order chi connectivity index (χ0) is 39.5. The van der Waals surface area contributed by atoms with Gasteiger partial charge in [0.1, 0.15) is 27.2 Å². The van der Waals surface area contributed by atoms with Crippen molar-refractivity contribution >= 4 is 82.1 Å². The number of aromatic hydroxyl groups is 2. The highest BCUT2D eigenvalue weighted by Gasteiger charge is 2.29. The quantitative estimate of drug-likeness (QED) is 0.101. The first kappa shape index (κ1) is 35.4. The Morgan fingerprint density at radius 1 is 0.534 bits per heavy atom. The maximum absolute atomic E-state index is 12.5. The van der Waals surface area contributed by atoms with Crippen LogP contribution in [0.1, 0.15) is 30.4 Å². The lowest BCUT2D eigenvalue weighted by Gasteiger charge is -2.32. The number of phenolic OH excluding ortho intramolecular Hbond substituents is 2. The van der Waals surface area contributed by atoms with E-state index in [1.165, 1.54) is 5.56 Å². The molecule has 0 saturated heterocycles.